The number of aliphatic carboxylic acids is 1. The molecule has 0 atom stereocenters. The molecule has 92 valence electrons. The molecule has 0 heterocycles. The highest BCUT2D eigenvalue weighted by atomic mass is 35.5. The summed E-state index contributed by atoms with van der Waals surface area (Å²) < 4.78 is 0. The molecule has 0 aromatic heterocycles. The minimum Gasteiger partial charge on any atom is -0.507 e. The molecule has 1 saturated carbocycles. The van der Waals surface area contributed by atoms with Crippen molar-refractivity contribution in [1.29, 1.82) is 0 Å². The number of hydrogen-bond acceptors (Lipinski definition) is 2. The summed E-state index contributed by atoms with van der Waals surface area (Å²) in [6.07, 6.45) is 1.72. The zero-order valence-corrected chi connectivity index (χ0v) is 10.6. The van der Waals surface area contributed by atoms with Crippen molar-refractivity contribution in [1.82, 2.24) is 0 Å². The van der Waals surface area contributed by atoms with Gasteiger partial charge in [-0.2, -0.15) is 0 Å². The second-order valence-corrected chi connectivity index (χ2v) is 5.28. The van der Waals surface area contributed by atoms with Crippen molar-refractivity contribution < 1.29 is 15.0 Å². The first-order valence-electron chi connectivity index (χ1n) is 5.58. The zero-order valence-electron chi connectivity index (χ0n) is 9.88. The van der Waals surface area contributed by atoms with Gasteiger partial charge in [-0.25, -0.2) is 0 Å². The topological polar surface area (TPSA) is 57.5 Å². The van der Waals surface area contributed by atoms with E-state index in [2.05, 4.69) is 0 Å². The van der Waals surface area contributed by atoms with Gasteiger partial charge in [-0.15, -0.1) is 0 Å². The zero-order chi connectivity index (χ0) is 12.8. The first kappa shape index (κ1) is 12.2. The third kappa shape index (κ3) is 2.00. The summed E-state index contributed by atoms with van der Waals surface area (Å²) in [6.45, 7) is 3.58. The molecule has 3 nitrogen and oxygen atoms in total. The minimum absolute atomic E-state index is 0.0794. The molecular formula is C13H15ClO3. The minimum atomic E-state index is -0.821. The van der Waals surface area contributed by atoms with Gasteiger partial charge in [0.25, 0.3) is 0 Å². The van der Waals surface area contributed by atoms with Crippen LogP contribution >= 0.6 is 11.6 Å². The fraction of sp³-hybridized carbons (Fsp3) is 0.462. The lowest BCUT2D eigenvalue weighted by atomic mass is 9.87. The maximum absolute atomic E-state index is 10.9. The lowest BCUT2D eigenvalue weighted by Crippen LogP contribution is -2.15. The van der Waals surface area contributed by atoms with E-state index >= 15 is 0 Å². The summed E-state index contributed by atoms with van der Waals surface area (Å²) >= 11 is 6.21. The molecule has 1 aromatic carbocycles. The van der Waals surface area contributed by atoms with Gasteiger partial charge >= 0.3 is 5.97 Å². The molecule has 2 rings (SSSR count). The Labute approximate surface area is 105 Å². The van der Waals surface area contributed by atoms with E-state index in [-0.39, 0.29) is 17.6 Å². The fourth-order valence-electron chi connectivity index (χ4n) is 2.53. The number of carboxylic acid groups (broad SMARTS) is 1. The third-order valence-corrected chi connectivity index (χ3v) is 3.86. The van der Waals surface area contributed by atoms with Gasteiger partial charge in [0.1, 0.15) is 5.75 Å². The number of hydrogen-bond donors (Lipinski definition) is 2. The van der Waals surface area contributed by atoms with Crippen molar-refractivity contribution in [3.05, 3.63) is 27.8 Å². The second-order valence-electron chi connectivity index (χ2n) is 4.87. The molecule has 1 aliphatic rings. The first-order chi connectivity index (χ1) is 7.87. The summed E-state index contributed by atoms with van der Waals surface area (Å²) in [5, 5.41) is 19.4. The van der Waals surface area contributed by atoms with Crippen molar-refractivity contribution >= 4 is 17.6 Å². The van der Waals surface area contributed by atoms with Crippen LogP contribution in [0.4, 0.5) is 0 Å². The smallest absolute Gasteiger partial charge is 0.304 e. The molecule has 4 heteroatoms. The van der Waals surface area contributed by atoms with Gasteiger partial charge < -0.3 is 10.2 Å². The highest BCUT2D eigenvalue weighted by Gasteiger charge is 2.48. The molecule has 0 aliphatic heterocycles. The summed E-state index contributed by atoms with van der Waals surface area (Å²) in [5.41, 5.74) is 1.89. The average molecular weight is 255 g/mol. The summed E-state index contributed by atoms with van der Waals surface area (Å²) in [6, 6.07) is 1.71. The summed E-state index contributed by atoms with van der Waals surface area (Å²) in [7, 11) is 0. The van der Waals surface area contributed by atoms with Crippen molar-refractivity contribution in [3.8, 4) is 5.75 Å². The second kappa shape index (κ2) is 3.91. The van der Waals surface area contributed by atoms with Crippen LogP contribution in [0.1, 0.15) is 36.0 Å². The van der Waals surface area contributed by atoms with Crippen LogP contribution in [-0.2, 0) is 10.2 Å². The number of benzene rings is 1. The Balaban J connectivity index is 2.53. The maximum atomic E-state index is 10.9. The third-order valence-electron chi connectivity index (χ3n) is 3.56. The van der Waals surface area contributed by atoms with E-state index in [4.69, 9.17) is 16.7 Å². The largest absolute Gasteiger partial charge is 0.507 e. The molecule has 1 fully saturated rings. The van der Waals surface area contributed by atoms with Gasteiger partial charge in [0.05, 0.1) is 6.42 Å². The van der Waals surface area contributed by atoms with E-state index in [0.717, 1.165) is 24.0 Å². The van der Waals surface area contributed by atoms with E-state index in [0.29, 0.717) is 10.6 Å². The Morgan fingerprint density at radius 1 is 1.47 bits per heavy atom. The molecule has 1 aromatic rings. The maximum Gasteiger partial charge on any atom is 0.304 e. The number of rotatable bonds is 3. The van der Waals surface area contributed by atoms with Crippen LogP contribution in [0.5, 0.6) is 5.75 Å². The van der Waals surface area contributed by atoms with Crippen LogP contribution in [-0.4, -0.2) is 16.2 Å². The lowest BCUT2D eigenvalue weighted by Gasteiger charge is -2.20. The molecule has 17 heavy (non-hydrogen) atoms. The number of carbonyl (C=O) groups is 1. The number of halogens is 1. The van der Waals surface area contributed by atoms with E-state index in [1.165, 1.54) is 0 Å². The quantitative estimate of drug-likeness (QED) is 0.871. The Kier molecular flexibility index (Phi) is 2.82. The van der Waals surface area contributed by atoms with E-state index in [1.807, 2.05) is 0 Å². The monoisotopic (exact) mass is 254 g/mol. The molecule has 0 bridgehead atoms. The number of aryl methyl sites for hydroxylation is 1. The molecule has 1 aliphatic carbocycles. The predicted octanol–water partition coefficient (Wildman–Crippen LogP) is 3.17. The molecule has 0 spiro atoms. The molecule has 0 unspecified atom stereocenters. The lowest BCUT2D eigenvalue weighted by molar-refractivity contribution is -0.137. The van der Waals surface area contributed by atoms with Gasteiger partial charge in [-0.1, -0.05) is 11.6 Å². The Hall–Kier alpha value is -1.22. The van der Waals surface area contributed by atoms with Crippen molar-refractivity contribution in [2.24, 2.45) is 0 Å². The Morgan fingerprint density at radius 3 is 2.53 bits per heavy atom. The predicted molar refractivity (Wildman–Crippen MR) is 65.8 cm³/mol. The van der Waals surface area contributed by atoms with Gasteiger partial charge in [0.2, 0.25) is 0 Å². The van der Waals surface area contributed by atoms with E-state index in [9.17, 15) is 9.90 Å². The van der Waals surface area contributed by atoms with Gasteiger partial charge in [0, 0.05) is 10.4 Å². The Bertz CT molecular complexity index is 490. The average Bonchev–Trinajstić information content (AvgIpc) is 2.94. The van der Waals surface area contributed by atoms with Gasteiger partial charge in [0.15, 0.2) is 0 Å². The van der Waals surface area contributed by atoms with Crippen LogP contribution in [0, 0.1) is 13.8 Å². The van der Waals surface area contributed by atoms with Crippen molar-refractivity contribution in [2.75, 3.05) is 0 Å². The van der Waals surface area contributed by atoms with Crippen molar-refractivity contribution in [3.63, 3.8) is 0 Å². The molecule has 0 saturated heterocycles. The Morgan fingerprint density at radius 2 is 2.06 bits per heavy atom. The van der Waals surface area contributed by atoms with Crippen LogP contribution in [0.3, 0.4) is 0 Å². The van der Waals surface area contributed by atoms with Gasteiger partial charge in [-0.3, -0.25) is 4.79 Å². The van der Waals surface area contributed by atoms with Gasteiger partial charge in [-0.05, 0) is 49.4 Å². The fourth-order valence-corrected chi connectivity index (χ4v) is 3.04. The van der Waals surface area contributed by atoms with E-state index < -0.39 is 5.97 Å². The normalized spacial score (nSPS) is 16.9. The van der Waals surface area contributed by atoms with E-state index in [1.54, 1.807) is 19.9 Å². The molecule has 0 radical (unpaired) electrons. The number of phenolic OH excluding ortho intramolecular Hbond substituents is 1. The molecule has 2 N–H and O–H groups in total. The molecular weight excluding hydrogens is 240 g/mol. The summed E-state index contributed by atoms with van der Waals surface area (Å²) in [5.74, 6) is -0.598. The van der Waals surface area contributed by atoms with Crippen LogP contribution in [0.2, 0.25) is 5.02 Å². The standard InChI is InChI=1S/C13H15ClO3/c1-7-5-9(14)11(8(2)12(7)17)13(3-4-13)6-10(15)16/h5,17H,3-4,6H2,1-2H3,(H,15,16). The van der Waals surface area contributed by atoms with Crippen LogP contribution in [0.15, 0.2) is 6.07 Å². The van der Waals surface area contributed by atoms with Crippen LogP contribution in [0.25, 0.3) is 0 Å². The SMILES string of the molecule is Cc1cc(Cl)c(C2(CC(=O)O)CC2)c(C)c1O. The molecule has 0 amide bonds. The van der Waals surface area contributed by atoms with Crippen LogP contribution < -0.4 is 0 Å². The summed E-state index contributed by atoms with van der Waals surface area (Å²) in [4.78, 5) is 10.9. The number of carboxylic acids is 1. The highest BCUT2D eigenvalue weighted by molar-refractivity contribution is 6.31. The number of phenols is 1. The highest BCUT2D eigenvalue weighted by Crippen LogP contribution is 2.55. The number of aromatic hydroxyl groups is 1. The first-order valence-corrected chi connectivity index (χ1v) is 5.96. The van der Waals surface area contributed by atoms with Crippen molar-refractivity contribution in [2.45, 2.75) is 38.5 Å².